The topological polar surface area (TPSA) is 26.0 Å². The maximum Gasteiger partial charge on any atom is 0.0314 e. The van der Waals surface area contributed by atoms with Crippen molar-refractivity contribution in [2.75, 3.05) is 5.73 Å². The lowest BCUT2D eigenvalue weighted by Crippen LogP contribution is -2.05. The van der Waals surface area contributed by atoms with E-state index in [-0.39, 0.29) is 0 Å². The van der Waals surface area contributed by atoms with Crippen LogP contribution in [0.4, 0.5) is 5.69 Å². The van der Waals surface area contributed by atoms with Gasteiger partial charge in [-0.3, -0.25) is 0 Å². The summed E-state index contributed by atoms with van der Waals surface area (Å²) in [5, 5.41) is 0. The molecule has 3 heteroatoms. The number of nitrogens with two attached hydrogens (primary N) is 1. The van der Waals surface area contributed by atoms with Crippen LogP contribution in [0.3, 0.4) is 0 Å². The van der Waals surface area contributed by atoms with Gasteiger partial charge in [0.05, 0.1) is 0 Å². The van der Waals surface area contributed by atoms with Gasteiger partial charge in [-0.1, -0.05) is 158 Å². The fourth-order valence-corrected chi connectivity index (χ4v) is 7.68. The Labute approximate surface area is 364 Å². The van der Waals surface area contributed by atoms with Crippen LogP contribution < -0.4 is 5.73 Å². The lowest BCUT2D eigenvalue weighted by Gasteiger charge is -2.23. The van der Waals surface area contributed by atoms with Gasteiger partial charge in [-0.25, -0.2) is 0 Å². The molecule has 1 heterocycles. The van der Waals surface area contributed by atoms with Crippen LogP contribution in [-0.2, 0) is 6.42 Å². The Morgan fingerprint density at radius 1 is 0.814 bits per heavy atom. The summed E-state index contributed by atoms with van der Waals surface area (Å²) in [7, 11) is 0.946. The summed E-state index contributed by atoms with van der Waals surface area (Å²) in [4.78, 5) is 0.928. The Morgan fingerprint density at radius 3 is 2.05 bits per heavy atom. The Bertz CT molecular complexity index is 2290. The second kappa shape index (κ2) is 25.3. The summed E-state index contributed by atoms with van der Waals surface area (Å²) in [5.41, 5.74) is 24.9. The SMILES string of the molecule is C=C/C(=C\C(=C(C)C)c1cc(C)ccc1C)c1ccc(N)cc1.C=C/C=C(S)\C=C/Cc1ccc(C)c(C2=C(C)C=CCC2C)c1.Cc1cc[pH]c1.Cc1ccccc1. The van der Waals surface area contributed by atoms with Crippen molar-refractivity contribution in [1.82, 2.24) is 0 Å². The van der Waals surface area contributed by atoms with Gasteiger partial charge in [-0.15, -0.1) is 20.8 Å². The molecule has 1 aliphatic carbocycles. The van der Waals surface area contributed by atoms with Crippen LogP contribution in [0.15, 0.2) is 186 Å². The van der Waals surface area contributed by atoms with Crippen molar-refractivity contribution in [3.05, 3.63) is 237 Å². The maximum absolute atomic E-state index is 5.79. The first-order chi connectivity index (χ1) is 28.2. The number of rotatable bonds is 9. The summed E-state index contributed by atoms with van der Waals surface area (Å²) in [5.74, 6) is 5.01. The highest BCUT2D eigenvalue weighted by atomic mass is 32.1. The molecule has 2 atom stereocenters. The predicted octanol–water partition coefficient (Wildman–Crippen LogP) is 16.4. The zero-order chi connectivity index (χ0) is 43.3. The monoisotopic (exact) mass is 815 g/mol. The lowest BCUT2D eigenvalue weighted by atomic mass is 9.82. The largest absolute Gasteiger partial charge is 0.399 e. The quantitative estimate of drug-likeness (QED) is 0.0865. The standard InChI is InChI=1S/C22H25N.C22H26S.C7H8.C5H7P/c1-6-18(19-9-11-20(23)12-10-19)14-21(15(2)3)22-13-16(4)7-8-17(22)5;1-5-8-20(23)12-7-11-19-14-13-16(2)21(15-19)22-17(3)9-6-10-18(22)4;1-7-5-3-2-4-6-7;1-5-2-3-6-4-5/h6-14H,1,23H2,2-5H3;5-9,12-15,18,23H,1,10-11H2,2-4H3;2-6H,1H3;2-4,6H,1H3/b18-14+;12-7-,20-8+;;. The molecule has 0 spiro atoms. The van der Waals surface area contributed by atoms with Gasteiger partial charge in [0.2, 0.25) is 0 Å². The van der Waals surface area contributed by atoms with Crippen LogP contribution >= 0.6 is 20.8 Å². The summed E-state index contributed by atoms with van der Waals surface area (Å²) < 4.78 is 0. The minimum Gasteiger partial charge on any atom is -0.399 e. The first-order valence-electron chi connectivity index (χ1n) is 20.5. The van der Waals surface area contributed by atoms with Gasteiger partial charge in [0.25, 0.3) is 0 Å². The Morgan fingerprint density at radius 2 is 1.51 bits per heavy atom. The third kappa shape index (κ3) is 16.5. The average Bonchev–Trinajstić information content (AvgIpc) is 3.69. The van der Waals surface area contributed by atoms with Crippen LogP contribution in [-0.4, -0.2) is 0 Å². The van der Waals surface area contributed by atoms with Gasteiger partial charge in [-0.05, 0) is 171 Å². The molecule has 4 aromatic carbocycles. The van der Waals surface area contributed by atoms with Gasteiger partial charge in [0.15, 0.2) is 0 Å². The van der Waals surface area contributed by atoms with E-state index >= 15 is 0 Å². The molecule has 1 aliphatic rings. The predicted molar refractivity (Wildman–Crippen MR) is 272 cm³/mol. The van der Waals surface area contributed by atoms with Crippen molar-refractivity contribution in [2.45, 2.75) is 75.2 Å². The fraction of sp³-hybridized carbons (Fsp3) is 0.214. The van der Waals surface area contributed by atoms with Crippen molar-refractivity contribution in [1.29, 1.82) is 0 Å². The molecule has 59 heavy (non-hydrogen) atoms. The van der Waals surface area contributed by atoms with Gasteiger partial charge >= 0.3 is 0 Å². The number of aryl methyl sites for hydroxylation is 5. The van der Waals surface area contributed by atoms with Gasteiger partial charge in [0.1, 0.15) is 0 Å². The Hall–Kier alpha value is -5.27. The highest BCUT2D eigenvalue weighted by Gasteiger charge is 2.17. The van der Waals surface area contributed by atoms with E-state index in [9.17, 15) is 0 Å². The molecule has 0 bridgehead atoms. The van der Waals surface area contributed by atoms with Crippen LogP contribution in [0.1, 0.15) is 84.2 Å². The van der Waals surface area contributed by atoms with Gasteiger partial charge in [0, 0.05) is 10.6 Å². The molecule has 0 saturated heterocycles. The molecule has 6 rings (SSSR count). The molecule has 5 aromatic rings. The number of thiol groups is 1. The number of hydrogen-bond acceptors (Lipinski definition) is 2. The van der Waals surface area contributed by atoms with E-state index in [0.717, 1.165) is 42.8 Å². The van der Waals surface area contributed by atoms with E-state index in [4.69, 9.17) is 5.73 Å². The summed E-state index contributed by atoms with van der Waals surface area (Å²) in [6.07, 6.45) is 18.5. The summed E-state index contributed by atoms with van der Waals surface area (Å²) in [6.45, 7) is 27.2. The molecular weight excluding hydrogens is 750 g/mol. The molecule has 1 nitrogen and oxygen atoms in total. The first kappa shape index (κ1) is 48.1. The van der Waals surface area contributed by atoms with E-state index in [0.29, 0.717) is 5.92 Å². The zero-order valence-electron chi connectivity index (χ0n) is 36.9. The molecular formula is C56H66NPS. The van der Waals surface area contributed by atoms with Crippen LogP contribution in [0, 0.1) is 40.5 Å². The van der Waals surface area contributed by atoms with Crippen molar-refractivity contribution < 1.29 is 0 Å². The molecule has 2 unspecified atom stereocenters. The molecule has 0 saturated carbocycles. The zero-order valence-corrected chi connectivity index (χ0v) is 38.8. The van der Waals surface area contributed by atoms with Gasteiger partial charge < -0.3 is 5.73 Å². The van der Waals surface area contributed by atoms with Crippen molar-refractivity contribution >= 4 is 43.2 Å². The van der Waals surface area contributed by atoms with Crippen LogP contribution in [0.5, 0.6) is 0 Å². The Kier molecular flexibility index (Phi) is 20.6. The highest BCUT2D eigenvalue weighted by molar-refractivity contribution is 7.84. The lowest BCUT2D eigenvalue weighted by molar-refractivity contribution is 0.751. The first-order valence-corrected chi connectivity index (χ1v) is 22.1. The van der Waals surface area contributed by atoms with Crippen molar-refractivity contribution in [2.24, 2.45) is 5.92 Å². The van der Waals surface area contributed by atoms with Gasteiger partial charge in [-0.2, -0.15) is 0 Å². The van der Waals surface area contributed by atoms with Crippen LogP contribution in [0.25, 0.3) is 16.7 Å². The molecule has 0 radical (unpaired) electrons. The second-order valence-corrected chi connectivity index (χ2v) is 16.9. The smallest absolute Gasteiger partial charge is 0.0314 e. The van der Waals surface area contributed by atoms with E-state index in [1.165, 1.54) is 66.8 Å². The minimum absolute atomic E-state index is 0.587. The summed E-state index contributed by atoms with van der Waals surface area (Å²) >= 11 is 4.39. The number of allylic oxidation sites excluding steroid dienone is 13. The average molecular weight is 816 g/mol. The molecule has 2 N–H and O–H groups in total. The molecule has 0 aliphatic heterocycles. The molecule has 1 aromatic heterocycles. The fourth-order valence-electron chi connectivity index (χ4n) is 6.65. The van der Waals surface area contributed by atoms with Crippen LogP contribution in [0.2, 0.25) is 0 Å². The number of anilines is 1. The molecule has 0 fully saturated rings. The second-order valence-electron chi connectivity index (χ2n) is 15.4. The normalized spacial score (nSPS) is 13.8. The highest BCUT2D eigenvalue weighted by Crippen LogP contribution is 2.35. The molecule has 306 valence electrons. The number of nitrogen functional groups attached to an aromatic ring is 1. The number of hydrogen-bond donors (Lipinski definition) is 2. The third-order valence-corrected chi connectivity index (χ3v) is 11.3. The van der Waals surface area contributed by atoms with E-state index in [1.54, 1.807) is 6.08 Å². The Balaban J connectivity index is 0.000000241. The maximum atomic E-state index is 5.79. The minimum atomic E-state index is 0.587. The van der Waals surface area contributed by atoms with Crippen molar-refractivity contribution in [3.8, 4) is 0 Å². The van der Waals surface area contributed by atoms with Crippen molar-refractivity contribution in [3.63, 3.8) is 0 Å². The molecule has 0 amide bonds. The van der Waals surface area contributed by atoms with E-state index < -0.39 is 0 Å². The summed E-state index contributed by atoms with van der Waals surface area (Å²) in [6, 6.07) is 33.7. The van der Waals surface area contributed by atoms with E-state index in [2.05, 4.69) is 179 Å². The van der Waals surface area contributed by atoms with E-state index in [1.807, 2.05) is 60.7 Å². The number of benzene rings is 4. The third-order valence-electron chi connectivity index (χ3n) is 9.98.